The number of nitrogen functional groups attached to an aromatic ring is 1. The third-order valence-electron chi connectivity index (χ3n) is 5.94. The first kappa shape index (κ1) is 16.8. The van der Waals surface area contributed by atoms with Gasteiger partial charge >= 0.3 is 0 Å². The highest BCUT2D eigenvalue weighted by Gasteiger charge is 2.72. The Bertz CT molecular complexity index is 874. The minimum Gasteiger partial charge on any atom is -0.393 e. The van der Waals surface area contributed by atoms with Crippen LogP contribution in [0.15, 0.2) is 11.1 Å². The average Bonchev–Trinajstić information content (AvgIpc) is 2.94. The van der Waals surface area contributed by atoms with Crippen LogP contribution in [0.4, 0.5) is 10.3 Å². The number of nitrogens with two attached hydrogens (primary N) is 1. The number of hydrogen-bond acceptors (Lipinski definition) is 6. The molecule has 0 radical (unpaired) electrons. The van der Waals surface area contributed by atoms with Crippen molar-refractivity contribution in [2.75, 3.05) is 12.3 Å². The molecular weight excluding hydrogens is 317 g/mol. The molecule has 0 spiro atoms. The van der Waals surface area contributed by atoms with Gasteiger partial charge in [-0.15, -0.1) is 0 Å². The summed E-state index contributed by atoms with van der Waals surface area (Å²) in [6.45, 7) is 7.52. The van der Waals surface area contributed by atoms with E-state index < -0.39 is 34.6 Å². The van der Waals surface area contributed by atoms with Crippen molar-refractivity contribution in [3.8, 4) is 0 Å². The van der Waals surface area contributed by atoms with Crippen LogP contribution >= 0.6 is 0 Å². The molecule has 2 aromatic rings. The number of nitrogens with zero attached hydrogens (tertiary/aromatic N) is 3. The number of aromatic nitrogens is 4. The molecule has 8 nitrogen and oxygen atoms in total. The van der Waals surface area contributed by atoms with Gasteiger partial charge in [-0.2, -0.15) is 4.98 Å². The van der Waals surface area contributed by atoms with Crippen molar-refractivity contribution in [2.45, 2.75) is 51.6 Å². The van der Waals surface area contributed by atoms with Gasteiger partial charge in [-0.25, -0.2) is 9.37 Å². The number of aromatic amines is 1. The van der Waals surface area contributed by atoms with Crippen molar-refractivity contribution in [3.63, 3.8) is 0 Å². The SMILES string of the molecule is CC1(CO)OC(C)(n2cnc3c(=O)[nH]c(N)nc32)C(C)(C)C1(C)F. The zero-order valence-electron chi connectivity index (χ0n) is 14.3. The summed E-state index contributed by atoms with van der Waals surface area (Å²) in [5.74, 6) is -0.0680. The number of alkyl halides is 1. The second-order valence-electron chi connectivity index (χ2n) is 7.34. The lowest BCUT2D eigenvalue weighted by Gasteiger charge is -2.42. The number of halogens is 1. The van der Waals surface area contributed by atoms with Gasteiger partial charge in [0.2, 0.25) is 5.95 Å². The highest BCUT2D eigenvalue weighted by molar-refractivity contribution is 5.71. The Kier molecular flexibility index (Phi) is 3.19. The molecule has 0 amide bonds. The molecule has 3 heterocycles. The van der Waals surface area contributed by atoms with Crippen molar-refractivity contribution < 1.29 is 14.2 Å². The fourth-order valence-electron chi connectivity index (χ4n) is 3.53. The Hall–Kier alpha value is -2.00. The topological polar surface area (TPSA) is 119 Å². The molecule has 132 valence electrons. The van der Waals surface area contributed by atoms with Crippen LogP contribution in [0.3, 0.4) is 0 Å². The van der Waals surface area contributed by atoms with Crippen LogP contribution in [0.1, 0.15) is 34.6 Å². The predicted molar refractivity (Wildman–Crippen MR) is 86.1 cm³/mol. The molecule has 3 atom stereocenters. The third-order valence-corrected chi connectivity index (χ3v) is 5.94. The summed E-state index contributed by atoms with van der Waals surface area (Å²) in [6.07, 6.45) is 1.38. The van der Waals surface area contributed by atoms with Gasteiger partial charge in [0.1, 0.15) is 11.3 Å². The Labute approximate surface area is 137 Å². The number of hydrogen-bond donors (Lipinski definition) is 3. The van der Waals surface area contributed by atoms with Crippen molar-refractivity contribution >= 4 is 17.1 Å². The van der Waals surface area contributed by atoms with Gasteiger partial charge in [-0.3, -0.25) is 14.3 Å². The molecule has 0 saturated carbocycles. The maximum absolute atomic E-state index is 15.7. The molecule has 1 aliphatic rings. The summed E-state index contributed by atoms with van der Waals surface area (Å²) >= 11 is 0. The van der Waals surface area contributed by atoms with Gasteiger partial charge in [0.15, 0.2) is 16.9 Å². The van der Waals surface area contributed by atoms with E-state index in [1.807, 2.05) is 0 Å². The van der Waals surface area contributed by atoms with Crippen LogP contribution in [0.25, 0.3) is 11.2 Å². The van der Waals surface area contributed by atoms with E-state index in [0.29, 0.717) is 0 Å². The zero-order chi connectivity index (χ0) is 18.1. The molecule has 3 unspecified atom stereocenters. The molecule has 1 saturated heterocycles. The van der Waals surface area contributed by atoms with Crippen molar-refractivity contribution in [1.82, 2.24) is 19.5 Å². The van der Waals surface area contributed by atoms with Crippen LogP contribution in [0.5, 0.6) is 0 Å². The fraction of sp³-hybridized carbons (Fsp3) is 0.667. The van der Waals surface area contributed by atoms with E-state index >= 15 is 4.39 Å². The van der Waals surface area contributed by atoms with Gasteiger partial charge in [0.25, 0.3) is 5.56 Å². The molecular formula is C15H22FN5O3. The molecule has 1 fully saturated rings. The van der Waals surface area contributed by atoms with Crippen molar-refractivity contribution in [3.05, 3.63) is 16.7 Å². The lowest BCUT2D eigenvalue weighted by molar-refractivity contribution is -0.174. The summed E-state index contributed by atoms with van der Waals surface area (Å²) in [6, 6.07) is 0. The van der Waals surface area contributed by atoms with Crippen molar-refractivity contribution in [1.29, 1.82) is 0 Å². The zero-order valence-corrected chi connectivity index (χ0v) is 14.3. The molecule has 24 heavy (non-hydrogen) atoms. The van der Waals surface area contributed by atoms with E-state index in [-0.39, 0.29) is 17.1 Å². The van der Waals surface area contributed by atoms with E-state index in [1.165, 1.54) is 24.7 Å². The second-order valence-corrected chi connectivity index (χ2v) is 7.34. The van der Waals surface area contributed by atoms with Gasteiger partial charge in [-0.05, 0) is 20.8 Å². The molecule has 4 N–H and O–H groups in total. The smallest absolute Gasteiger partial charge is 0.280 e. The highest BCUT2D eigenvalue weighted by Crippen LogP contribution is 2.61. The summed E-state index contributed by atoms with van der Waals surface area (Å²) in [4.78, 5) is 22.6. The van der Waals surface area contributed by atoms with Crippen LogP contribution in [-0.4, -0.2) is 42.5 Å². The average molecular weight is 339 g/mol. The number of nitrogens with one attached hydrogen (secondary N) is 1. The van der Waals surface area contributed by atoms with E-state index in [9.17, 15) is 9.90 Å². The summed E-state index contributed by atoms with van der Waals surface area (Å²) in [5.41, 5.74) is -0.203. The first-order valence-corrected chi connectivity index (χ1v) is 7.64. The quantitative estimate of drug-likeness (QED) is 0.748. The van der Waals surface area contributed by atoms with Gasteiger partial charge in [0.05, 0.1) is 12.9 Å². The predicted octanol–water partition coefficient (Wildman–Crippen LogP) is 0.910. The number of imidazole rings is 1. The summed E-state index contributed by atoms with van der Waals surface area (Å²) in [7, 11) is 0. The Morgan fingerprint density at radius 2 is 2.00 bits per heavy atom. The molecule has 0 aliphatic carbocycles. The largest absolute Gasteiger partial charge is 0.393 e. The molecule has 3 rings (SSSR count). The number of fused-ring (bicyclic) bond motifs is 1. The van der Waals surface area contributed by atoms with E-state index in [0.717, 1.165) is 0 Å². The Morgan fingerprint density at radius 1 is 1.38 bits per heavy atom. The lowest BCUT2D eigenvalue weighted by atomic mass is 9.67. The lowest BCUT2D eigenvalue weighted by Crippen LogP contribution is -2.53. The molecule has 0 bridgehead atoms. The number of aliphatic hydroxyl groups is 1. The van der Waals surface area contributed by atoms with Crippen LogP contribution in [0, 0.1) is 5.41 Å². The Balaban J connectivity index is 2.32. The second kappa shape index (κ2) is 4.54. The number of aliphatic hydroxyl groups excluding tert-OH is 1. The molecule has 2 aromatic heterocycles. The number of ether oxygens (including phenoxy) is 1. The number of anilines is 1. The van der Waals surface area contributed by atoms with Gasteiger partial charge in [-0.1, -0.05) is 13.8 Å². The monoisotopic (exact) mass is 339 g/mol. The maximum atomic E-state index is 15.7. The van der Waals surface area contributed by atoms with Crippen LogP contribution in [-0.2, 0) is 10.5 Å². The number of rotatable bonds is 2. The first-order chi connectivity index (χ1) is 10.9. The Morgan fingerprint density at radius 3 is 2.54 bits per heavy atom. The fourth-order valence-corrected chi connectivity index (χ4v) is 3.53. The van der Waals surface area contributed by atoms with Crippen LogP contribution < -0.4 is 11.3 Å². The highest BCUT2D eigenvalue weighted by atomic mass is 19.1. The normalized spacial score (nSPS) is 35.6. The molecule has 9 heteroatoms. The van der Waals surface area contributed by atoms with Gasteiger partial charge < -0.3 is 15.6 Å². The first-order valence-electron chi connectivity index (χ1n) is 7.64. The van der Waals surface area contributed by atoms with Gasteiger partial charge in [0, 0.05) is 5.41 Å². The standard InChI is InChI=1S/C15H22FN5O3/c1-12(2)14(4,16)13(3,6-22)24-15(12,5)21-7-18-8-9(21)19-11(17)20-10(8)23/h7,22H,6H2,1-5H3,(H3,17,19,20,23). The van der Waals surface area contributed by atoms with Crippen molar-refractivity contribution in [2.24, 2.45) is 5.41 Å². The maximum Gasteiger partial charge on any atom is 0.280 e. The molecule has 1 aliphatic heterocycles. The minimum atomic E-state index is -1.87. The number of H-pyrrole nitrogens is 1. The summed E-state index contributed by atoms with van der Waals surface area (Å²) < 4.78 is 23.2. The van der Waals surface area contributed by atoms with E-state index in [2.05, 4.69) is 15.0 Å². The molecule has 0 aromatic carbocycles. The minimum absolute atomic E-state index is 0.0680. The van der Waals surface area contributed by atoms with E-state index in [4.69, 9.17) is 10.5 Å². The van der Waals surface area contributed by atoms with E-state index in [1.54, 1.807) is 20.8 Å². The third kappa shape index (κ3) is 1.71. The van der Waals surface area contributed by atoms with Crippen LogP contribution in [0.2, 0.25) is 0 Å². The summed E-state index contributed by atoms with van der Waals surface area (Å²) in [5, 5.41) is 9.74.